The first-order valence-electron chi connectivity index (χ1n) is 6.49. The third kappa shape index (κ3) is 2.71. The molecule has 1 aromatic heterocycles. The molecule has 0 bridgehead atoms. The summed E-state index contributed by atoms with van der Waals surface area (Å²) in [7, 11) is 0. The van der Waals surface area contributed by atoms with Crippen molar-refractivity contribution in [3.8, 4) is 0 Å². The van der Waals surface area contributed by atoms with E-state index in [-0.39, 0.29) is 5.56 Å². The Morgan fingerprint density at radius 2 is 2.15 bits per heavy atom. The topological polar surface area (TPSA) is 55.9 Å². The van der Waals surface area contributed by atoms with Gasteiger partial charge in [0.15, 0.2) is 0 Å². The van der Waals surface area contributed by atoms with Crippen molar-refractivity contribution < 1.29 is 8.78 Å². The first-order chi connectivity index (χ1) is 9.58. The Morgan fingerprint density at radius 3 is 2.80 bits per heavy atom. The summed E-state index contributed by atoms with van der Waals surface area (Å²) in [5.41, 5.74) is 2.83. The van der Waals surface area contributed by atoms with Crippen LogP contribution < -0.4 is 11.3 Å². The van der Waals surface area contributed by atoms with Crippen LogP contribution in [-0.4, -0.2) is 9.55 Å². The number of benzene rings is 1. The van der Waals surface area contributed by atoms with Crippen LogP contribution in [0.5, 0.6) is 0 Å². The second-order valence-electron chi connectivity index (χ2n) is 4.64. The maximum Gasteiger partial charge on any atom is 0.133 e. The Kier molecular flexibility index (Phi) is 4.46. The molecule has 4 nitrogen and oxygen atoms in total. The molecule has 1 atom stereocenters. The molecule has 2 aromatic rings. The Bertz CT molecular complexity index is 595. The predicted octanol–water partition coefficient (Wildman–Crippen LogP) is 2.24. The van der Waals surface area contributed by atoms with E-state index in [1.165, 1.54) is 12.1 Å². The fourth-order valence-corrected chi connectivity index (χ4v) is 2.24. The van der Waals surface area contributed by atoms with E-state index < -0.39 is 17.7 Å². The number of imidazole rings is 1. The highest BCUT2D eigenvalue weighted by Crippen LogP contribution is 2.25. The van der Waals surface area contributed by atoms with Crippen molar-refractivity contribution >= 4 is 0 Å². The number of aryl methyl sites for hydroxylation is 2. The van der Waals surface area contributed by atoms with Gasteiger partial charge in [-0.05, 0) is 25.5 Å². The summed E-state index contributed by atoms with van der Waals surface area (Å²) in [5.74, 6) is 5.04. The molecule has 1 heterocycles. The SMILES string of the molecule is CCn1ccnc1CC(NN)c1c(F)ccc(C)c1F. The number of rotatable bonds is 5. The van der Waals surface area contributed by atoms with E-state index in [2.05, 4.69) is 10.4 Å². The molecule has 108 valence electrons. The second-order valence-corrected chi connectivity index (χ2v) is 4.64. The van der Waals surface area contributed by atoms with Crippen molar-refractivity contribution in [2.75, 3.05) is 0 Å². The zero-order chi connectivity index (χ0) is 14.7. The molecule has 1 unspecified atom stereocenters. The van der Waals surface area contributed by atoms with Gasteiger partial charge < -0.3 is 4.57 Å². The Balaban J connectivity index is 2.36. The van der Waals surface area contributed by atoms with Gasteiger partial charge >= 0.3 is 0 Å². The molecule has 1 aromatic carbocycles. The monoisotopic (exact) mass is 280 g/mol. The molecule has 0 aliphatic rings. The lowest BCUT2D eigenvalue weighted by Gasteiger charge is -2.19. The minimum atomic E-state index is -0.664. The Labute approximate surface area is 116 Å². The normalized spacial score (nSPS) is 12.7. The van der Waals surface area contributed by atoms with Crippen molar-refractivity contribution in [2.24, 2.45) is 5.84 Å². The number of hydrazine groups is 1. The number of nitrogens with zero attached hydrogens (tertiary/aromatic N) is 2. The van der Waals surface area contributed by atoms with Crippen molar-refractivity contribution in [3.63, 3.8) is 0 Å². The lowest BCUT2D eigenvalue weighted by atomic mass is 10.00. The number of nitrogens with one attached hydrogen (secondary N) is 1. The largest absolute Gasteiger partial charge is 0.335 e. The van der Waals surface area contributed by atoms with Crippen LogP contribution in [-0.2, 0) is 13.0 Å². The summed E-state index contributed by atoms with van der Waals surface area (Å²) in [5, 5.41) is 0. The van der Waals surface area contributed by atoms with Crippen molar-refractivity contribution in [2.45, 2.75) is 32.9 Å². The number of halogens is 2. The first kappa shape index (κ1) is 14.6. The number of nitrogens with two attached hydrogens (primary N) is 1. The highest BCUT2D eigenvalue weighted by molar-refractivity contribution is 5.29. The minimum Gasteiger partial charge on any atom is -0.335 e. The predicted molar refractivity (Wildman–Crippen MR) is 72.8 cm³/mol. The van der Waals surface area contributed by atoms with Crippen molar-refractivity contribution in [1.82, 2.24) is 15.0 Å². The van der Waals surface area contributed by atoms with Gasteiger partial charge in [0.05, 0.1) is 6.04 Å². The maximum absolute atomic E-state index is 14.1. The molecule has 0 radical (unpaired) electrons. The lowest BCUT2D eigenvalue weighted by molar-refractivity contribution is 0.458. The molecular weight excluding hydrogens is 262 g/mol. The second kappa shape index (κ2) is 6.11. The summed E-state index contributed by atoms with van der Waals surface area (Å²) in [6.45, 7) is 4.31. The van der Waals surface area contributed by atoms with Crippen LogP contribution in [0.4, 0.5) is 8.78 Å². The van der Waals surface area contributed by atoms with Gasteiger partial charge in [-0.3, -0.25) is 11.3 Å². The average Bonchev–Trinajstić information content (AvgIpc) is 2.89. The van der Waals surface area contributed by atoms with E-state index in [0.29, 0.717) is 12.0 Å². The molecule has 0 fully saturated rings. The quantitative estimate of drug-likeness (QED) is 0.652. The van der Waals surface area contributed by atoms with E-state index in [0.717, 1.165) is 12.4 Å². The van der Waals surface area contributed by atoms with Gasteiger partial charge in [0.1, 0.15) is 17.5 Å². The molecule has 0 saturated carbocycles. The summed E-state index contributed by atoms with van der Waals surface area (Å²) in [4.78, 5) is 4.20. The highest BCUT2D eigenvalue weighted by atomic mass is 19.1. The Morgan fingerprint density at radius 1 is 1.40 bits per heavy atom. The summed E-state index contributed by atoms with van der Waals surface area (Å²) in [6, 6.07) is 2.00. The molecule has 3 N–H and O–H groups in total. The zero-order valence-electron chi connectivity index (χ0n) is 11.5. The van der Waals surface area contributed by atoms with Crippen LogP contribution in [0.2, 0.25) is 0 Å². The minimum absolute atomic E-state index is 0.0434. The number of hydrogen-bond donors (Lipinski definition) is 2. The maximum atomic E-state index is 14.1. The number of aromatic nitrogens is 2. The van der Waals surface area contributed by atoms with E-state index in [1.807, 2.05) is 17.7 Å². The third-order valence-electron chi connectivity index (χ3n) is 3.40. The molecule has 0 spiro atoms. The van der Waals surface area contributed by atoms with E-state index in [4.69, 9.17) is 5.84 Å². The average molecular weight is 280 g/mol. The van der Waals surface area contributed by atoms with Crippen LogP contribution in [0.1, 0.15) is 29.9 Å². The molecule has 20 heavy (non-hydrogen) atoms. The molecule has 0 saturated heterocycles. The standard InChI is InChI=1S/C14H18F2N4/c1-3-20-7-6-18-12(20)8-11(19-17)13-10(15)5-4-9(2)14(13)16/h4-7,11,19H,3,8,17H2,1-2H3. The molecule has 0 aliphatic heterocycles. The molecular formula is C14H18F2N4. The lowest BCUT2D eigenvalue weighted by Crippen LogP contribution is -2.32. The van der Waals surface area contributed by atoms with Crippen LogP contribution in [0.3, 0.4) is 0 Å². The summed E-state index contributed by atoms with van der Waals surface area (Å²) >= 11 is 0. The van der Waals surface area contributed by atoms with Gasteiger partial charge in [0.25, 0.3) is 0 Å². The Hall–Kier alpha value is -1.79. The van der Waals surface area contributed by atoms with Gasteiger partial charge in [-0.25, -0.2) is 13.8 Å². The van der Waals surface area contributed by atoms with Crippen LogP contribution in [0.25, 0.3) is 0 Å². The molecule has 0 amide bonds. The fourth-order valence-electron chi connectivity index (χ4n) is 2.24. The number of hydrogen-bond acceptors (Lipinski definition) is 3. The van der Waals surface area contributed by atoms with Crippen LogP contribution in [0.15, 0.2) is 24.5 Å². The van der Waals surface area contributed by atoms with Crippen molar-refractivity contribution in [1.29, 1.82) is 0 Å². The van der Waals surface area contributed by atoms with Gasteiger partial charge in [0, 0.05) is 30.9 Å². The van der Waals surface area contributed by atoms with Gasteiger partial charge in [-0.1, -0.05) is 6.07 Å². The third-order valence-corrected chi connectivity index (χ3v) is 3.40. The summed E-state index contributed by atoms with van der Waals surface area (Å²) in [6.07, 6.45) is 3.80. The van der Waals surface area contributed by atoms with E-state index in [9.17, 15) is 8.78 Å². The molecule has 0 aliphatic carbocycles. The van der Waals surface area contributed by atoms with E-state index >= 15 is 0 Å². The molecule has 2 rings (SSSR count). The van der Waals surface area contributed by atoms with Gasteiger partial charge in [-0.15, -0.1) is 0 Å². The van der Waals surface area contributed by atoms with Gasteiger partial charge in [-0.2, -0.15) is 0 Å². The fraction of sp³-hybridized carbons (Fsp3) is 0.357. The van der Waals surface area contributed by atoms with Crippen LogP contribution >= 0.6 is 0 Å². The zero-order valence-corrected chi connectivity index (χ0v) is 11.5. The first-order valence-corrected chi connectivity index (χ1v) is 6.49. The smallest absolute Gasteiger partial charge is 0.133 e. The van der Waals surface area contributed by atoms with Crippen molar-refractivity contribution in [3.05, 3.63) is 53.1 Å². The summed E-state index contributed by atoms with van der Waals surface area (Å²) < 4.78 is 30.0. The van der Waals surface area contributed by atoms with Gasteiger partial charge in [0.2, 0.25) is 0 Å². The van der Waals surface area contributed by atoms with Crippen LogP contribution in [0, 0.1) is 18.6 Å². The van der Waals surface area contributed by atoms with E-state index in [1.54, 1.807) is 13.1 Å². The highest BCUT2D eigenvalue weighted by Gasteiger charge is 2.22. The molecule has 6 heteroatoms.